The van der Waals surface area contributed by atoms with Crippen LogP contribution in [0.4, 0.5) is 0 Å². The molecule has 1 N–H and O–H groups in total. The zero-order valence-corrected chi connectivity index (χ0v) is 15.6. The van der Waals surface area contributed by atoms with E-state index < -0.39 is 24.5 Å². The molecular formula is C17H29NO7. The van der Waals surface area contributed by atoms with Crippen molar-refractivity contribution in [2.24, 2.45) is 0 Å². The average molecular weight is 359 g/mol. The normalized spacial score (nSPS) is 11.7. The third-order valence-electron chi connectivity index (χ3n) is 2.97. The van der Waals surface area contributed by atoms with Crippen LogP contribution >= 0.6 is 0 Å². The molecule has 8 nitrogen and oxygen atoms in total. The first-order valence-corrected chi connectivity index (χ1v) is 8.22. The van der Waals surface area contributed by atoms with Gasteiger partial charge < -0.3 is 24.2 Å². The summed E-state index contributed by atoms with van der Waals surface area (Å²) in [7, 11) is 0. The van der Waals surface area contributed by atoms with Crippen LogP contribution in [0.15, 0.2) is 11.6 Å². The SMILES string of the molecule is CC(=CC(=O)O)C(=O)OCC(=O)N(CCOC(C)C)CCOC(C)C. The van der Waals surface area contributed by atoms with Crippen molar-refractivity contribution in [3.63, 3.8) is 0 Å². The van der Waals surface area contributed by atoms with E-state index in [4.69, 9.17) is 19.3 Å². The molecule has 0 saturated heterocycles. The largest absolute Gasteiger partial charge is 0.478 e. The van der Waals surface area contributed by atoms with Crippen molar-refractivity contribution in [3.8, 4) is 0 Å². The van der Waals surface area contributed by atoms with E-state index in [0.717, 1.165) is 6.08 Å². The first kappa shape index (κ1) is 23.1. The van der Waals surface area contributed by atoms with Crippen molar-refractivity contribution in [2.45, 2.75) is 46.8 Å². The number of hydrogen-bond acceptors (Lipinski definition) is 6. The van der Waals surface area contributed by atoms with Gasteiger partial charge in [-0.25, -0.2) is 9.59 Å². The molecule has 0 saturated carbocycles. The highest BCUT2D eigenvalue weighted by Gasteiger charge is 2.17. The molecule has 0 aliphatic heterocycles. The summed E-state index contributed by atoms with van der Waals surface area (Å²) in [5, 5.41) is 8.60. The highest BCUT2D eigenvalue weighted by atomic mass is 16.5. The Hall–Kier alpha value is -1.93. The maximum absolute atomic E-state index is 12.2. The van der Waals surface area contributed by atoms with E-state index in [9.17, 15) is 14.4 Å². The third kappa shape index (κ3) is 12.1. The molecule has 0 unspecified atom stereocenters. The van der Waals surface area contributed by atoms with Crippen molar-refractivity contribution in [1.82, 2.24) is 4.90 Å². The van der Waals surface area contributed by atoms with Crippen LogP contribution in [-0.2, 0) is 28.6 Å². The summed E-state index contributed by atoms with van der Waals surface area (Å²) in [6, 6.07) is 0. The Labute approximate surface area is 148 Å². The fraction of sp³-hybridized carbons (Fsp3) is 0.706. The van der Waals surface area contributed by atoms with Gasteiger partial charge >= 0.3 is 11.9 Å². The Balaban J connectivity index is 4.56. The van der Waals surface area contributed by atoms with Crippen LogP contribution in [0.1, 0.15) is 34.6 Å². The maximum Gasteiger partial charge on any atom is 0.334 e. The topological polar surface area (TPSA) is 102 Å². The number of hydrogen-bond donors (Lipinski definition) is 1. The van der Waals surface area contributed by atoms with Crippen molar-refractivity contribution >= 4 is 17.8 Å². The van der Waals surface area contributed by atoms with E-state index in [1.165, 1.54) is 11.8 Å². The average Bonchev–Trinajstić information content (AvgIpc) is 2.49. The van der Waals surface area contributed by atoms with Crippen LogP contribution in [-0.4, -0.2) is 73.0 Å². The van der Waals surface area contributed by atoms with E-state index in [-0.39, 0.29) is 17.8 Å². The molecule has 0 spiro atoms. The van der Waals surface area contributed by atoms with Crippen LogP contribution in [0.25, 0.3) is 0 Å². The number of rotatable bonds is 12. The number of esters is 1. The van der Waals surface area contributed by atoms with Gasteiger partial charge in [-0.2, -0.15) is 0 Å². The Morgan fingerprint density at radius 3 is 1.88 bits per heavy atom. The van der Waals surface area contributed by atoms with Crippen LogP contribution in [0.5, 0.6) is 0 Å². The number of carbonyl (C=O) groups excluding carboxylic acids is 2. The molecule has 0 aromatic heterocycles. The number of carbonyl (C=O) groups is 3. The molecule has 144 valence electrons. The molecule has 0 aromatic carbocycles. The number of ether oxygens (including phenoxy) is 3. The Morgan fingerprint density at radius 1 is 1.00 bits per heavy atom. The summed E-state index contributed by atoms with van der Waals surface area (Å²) in [5.74, 6) is -2.48. The number of carboxylic acid groups (broad SMARTS) is 1. The van der Waals surface area contributed by atoms with Gasteiger partial charge in [0.05, 0.1) is 25.4 Å². The molecule has 0 radical (unpaired) electrons. The molecule has 0 rings (SSSR count). The molecule has 1 amide bonds. The van der Waals surface area contributed by atoms with E-state index in [1.807, 2.05) is 27.7 Å². The monoisotopic (exact) mass is 359 g/mol. The quantitative estimate of drug-likeness (QED) is 0.413. The highest BCUT2D eigenvalue weighted by Crippen LogP contribution is 2.00. The fourth-order valence-electron chi connectivity index (χ4n) is 1.73. The minimum atomic E-state index is -1.25. The number of amides is 1. The summed E-state index contributed by atoms with van der Waals surface area (Å²) in [6.07, 6.45) is 0.827. The van der Waals surface area contributed by atoms with Crippen molar-refractivity contribution in [1.29, 1.82) is 0 Å². The number of aliphatic carboxylic acids is 1. The van der Waals surface area contributed by atoms with Gasteiger partial charge in [0, 0.05) is 24.7 Å². The number of carboxylic acids is 1. The molecule has 0 aliphatic carbocycles. The smallest absolute Gasteiger partial charge is 0.334 e. The molecule has 25 heavy (non-hydrogen) atoms. The zero-order chi connectivity index (χ0) is 19.4. The summed E-state index contributed by atoms with van der Waals surface area (Å²) >= 11 is 0. The lowest BCUT2D eigenvalue weighted by atomic mass is 10.3. The second-order valence-electron chi connectivity index (χ2n) is 5.96. The van der Waals surface area contributed by atoms with Crippen molar-refractivity contribution < 1.29 is 33.7 Å². The Bertz CT molecular complexity index is 458. The molecule has 0 atom stereocenters. The molecule has 8 heteroatoms. The highest BCUT2D eigenvalue weighted by molar-refractivity contribution is 5.96. The molecule has 0 aromatic rings. The summed E-state index contributed by atoms with van der Waals surface area (Å²) in [4.78, 5) is 35.9. The predicted molar refractivity (Wildman–Crippen MR) is 91.1 cm³/mol. The second-order valence-corrected chi connectivity index (χ2v) is 5.96. The van der Waals surface area contributed by atoms with Gasteiger partial charge in [0.2, 0.25) is 0 Å². The minimum absolute atomic E-state index is 0.0468. The predicted octanol–water partition coefficient (Wildman–Crippen LogP) is 1.24. The van der Waals surface area contributed by atoms with Gasteiger partial charge in [-0.1, -0.05) is 0 Å². The van der Waals surface area contributed by atoms with Crippen LogP contribution in [0.2, 0.25) is 0 Å². The first-order valence-electron chi connectivity index (χ1n) is 8.22. The van der Waals surface area contributed by atoms with Gasteiger partial charge in [0.1, 0.15) is 0 Å². The standard InChI is InChI=1S/C17H29NO7/c1-12(2)23-8-6-18(7-9-24-13(3)4)15(19)11-25-17(22)14(5)10-16(20)21/h10,12-13H,6-9,11H2,1-5H3,(H,20,21). The number of nitrogens with zero attached hydrogens (tertiary/aromatic N) is 1. The van der Waals surface area contributed by atoms with Crippen LogP contribution in [0, 0.1) is 0 Å². The minimum Gasteiger partial charge on any atom is -0.478 e. The zero-order valence-electron chi connectivity index (χ0n) is 15.6. The summed E-state index contributed by atoms with van der Waals surface area (Å²) in [6.45, 7) is 9.84. The molecule has 0 bridgehead atoms. The Morgan fingerprint density at radius 2 is 1.48 bits per heavy atom. The van der Waals surface area contributed by atoms with Gasteiger partial charge in [0.15, 0.2) is 6.61 Å². The van der Waals surface area contributed by atoms with Crippen LogP contribution < -0.4 is 0 Å². The molecule has 0 aliphatic rings. The Kier molecular flexibility index (Phi) is 11.5. The second kappa shape index (κ2) is 12.4. The van der Waals surface area contributed by atoms with Gasteiger partial charge in [-0.05, 0) is 34.6 Å². The lowest BCUT2D eigenvalue weighted by molar-refractivity contribution is -0.150. The molecule has 0 fully saturated rings. The van der Waals surface area contributed by atoms with E-state index in [2.05, 4.69) is 0 Å². The third-order valence-corrected chi connectivity index (χ3v) is 2.97. The van der Waals surface area contributed by atoms with E-state index in [1.54, 1.807) is 0 Å². The maximum atomic E-state index is 12.2. The van der Waals surface area contributed by atoms with Crippen LogP contribution in [0.3, 0.4) is 0 Å². The fourth-order valence-corrected chi connectivity index (χ4v) is 1.73. The molecular weight excluding hydrogens is 330 g/mol. The summed E-state index contributed by atoms with van der Waals surface area (Å²) < 4.78 is 15.7. The lowest BCUT2D eigenvalue weighted by Crippen LogP contribution is -2.40. The first-order chi connectivity index (χ1) is 11.6. The van der Waals surface area contributed by atoms with Gasteiger partial charge in [-0.15, -0.1) is 0 Å². The van der Waals surface area contributed by atoms with E-state index in [0.29, 0.717) is 26.3 Å². The van der Waals surface area contributed by atoms with Gasteiger partial charge in [0.25, 0.3) is 5.91 Å². The lowest BCUT2D eigenvalue weighted by Gasteiger charge is -2.23. The molecule has 0 heterocycles. The van der Waals surface area contributed by atoms with Crippen molar-refractivity contribution in [2.75, 3.05) is 32.9 Å². The van der Waals surface area contributed by atoms with E-state index >= 15 is 0 Å². The van der Waals surface area contributed by atoms with Crippen molar-refractivity contribution in [3.05, 3.63) is 11.6 Å². The van der Waals surface area contributed by atoms with Gasteiger partial charge in [-0.3, -0.25) is 4.79 Å². The summed E-state index contributed by atoms with van der Waals surface area (Å²) in [5.41, 5.74) is -0.0851.